The monoisotopic (exact) mass is 256 g/mol. The number of rotatable bonds is 7. The fourth-order valence-electron chi connectivity index (χ4n) is 1.11. The van der Waals surface area contributed by atoms with Crippen molar-refractivity contribution in [3.63, 3.8) is 0 Å². The smallest absolute Gasteiger partial charge is 0.324 e. The normalized spacial score (nSPS) is 9.72. The Balaban J connectivity index is 2.53. The third-order valence-electron chi connectivity index (χ3n) is 1.88. The van der Waals surface area contributed by atoms with E-state index in [9.17, 15) is 4.79 Å². The van der Waals surface area contributed by atoms with E-state index in [0.717, 1.165) is 0 Å². The minimum atomic E-state index is -0.280. The van der Waals surface area contributed by atoms with E-state index in [1.54, 1.807) is 6.92 Å². The number of aromatic nitrogens is 3. The van der Waals surface area contributed by atoms with E-state index >= 15 is 0 Å². The lowest BCUT2D eigenvalue weighted by Gasteiger charge is -2.07. The first-order valence-electron chi connectivity index (χ1n) is 5.43. The summed E-state index contributed by atoms with van der Waals surface area (Å²) in [5.74, 6) is 0.000912. The first kappa shape index (κ1) is 13.9. The molecule has 0 saturated carbocycles. The summed E-state index contributed by atoms with van der Waals surface area (Å²) in [6, 6.07) is 0.279. The van der Waals surface area contributed by atoms with Gasteiger partial charge in [0.25, 0.3) is 0 Å². The number of nitrogens with one attached hydrogen (secondary N) is 1. The highest BCUT2D eigenvalue weighted by Gasteiger charge is 2.07. The maximum absolute atomic E-state index is 11.1. The SMILES string of the molecule is CCOC(=O)CCNc1nc(OC)nc(OC)n1. The fourth-order valence-corrected chi connectivity index (χ4v) is 1.11. The molecule has 0 aliphatic carbocycles. The molecule has 1 N–H and O–H groups in total. The van der Waals surface area contributed by atoms with Crippen LogP contribution in [0.25, 0.3) is 0 Å². The van der Waals surface area contributed by atoms with E-state index in [-0.39, 0.29) is 30.4 Å². The number of methoxy groups -OCH3 is 2. The van der Waals surface area contributed by atoms with E-state index < -0.39 is 0 Å². The fraction of sp³-hybridized carbons (Fsp3) is 0.600. The van der Waals surface area contributed by atoms with Crippen LogP contribution in [-0.4, -0.2) is 48.3 Å². The molecule has 0 atom stereocenters. The van der Waals surface area contributed by atoms with Crippen molar-refractivity contribution in [2.75, 3.05) is 32.7 Å². The molecular weight excluding hydrogens is 240 g/mol. The van der Waals surface area contributed by atoms with Gasteiger partial charge in [-0.2, -0.15) is 9.97 Å². The Morgan fingerprint density at radius 1 is 1.17 bits per heavy atom. The lowest BCUT2D eigenvalue weighted by molar-refractivity contribution is -0.142. The van der Waals surface area contributed by atoms with E-state index in [0.29, 0.717) is 13.2 Å². The molecule has 0 saturated heterocycles. The highest BCUT2D eigenvalue weighted by atomic mass is 16.5. The Morgan fingerprint density at radius 3 is 2.28 bits per heavy atom. The topological polar surface area (TPSA) is 95.5 Å². The van der Waals surface area contributed by atoms with Crippen LogP contribution in [0.3, 0.4) is 0 Å². The van der Waals surface area contributed by atoms with Crippen molar-refractivity contribution in [1.82, 2.24) is 15.0 Å². The summed E-state index contributed by atoms with van der Waals surface area (Å²) in [5, 5.41) is 2.86. The average molecular weight is 256 g/mol. The Kier molecular flexibility index (Phi) is 5.62. The van der Waals surface area contributed by atoms with Gasteiger partial charge in [-0.3, -0.25) is 4.79 Å². The van der Waals surface area contributed by atoms with Crippen LogP contribution in [0.15, 0.2) is 0 Å². The summed E-state index contributed by atoms with van der Waals surface area (Å²) >= 11 is 0. The Bertz CT molecular complexity index is 377. The molecule has 1 heterocycles. The zero-order valence-electron chi connectivity index (χ0n) is 10.6. The molecule has 8 nitrogen and oxygen atoms in total. The van der Waals surface area contributed by atoms with Gasteiger partial charge < -0.3 is 19.5 Å². The first-order chi connectivity index (χ1) is 8.69. The van der Waals surface area contributed by atoms with Gasteiger partial charge >= 0.3 is 18.0 Å². The van der Waals surface area contributed by atoms with E-state index in [2.05, 4.69) is 20.3 Å². The van der Waals surface area contributed by atoms with Gasteiger partial charge in [0, 0.05) is 6.54 Å². The number of ether oxygens (including phenoxy) is 3. The zero-order valence-corrected chi connectivity index (χ0v) is 10.6. The first-order valence-corrected chi connectivity index (χ1v) is 5.43. The van der Waals surface area contributed by atoms with Crippen LogP contribution in [0, 0.1) is 0 Å². The summed E-state index contributed by atoms with van der Waals surface area (Å²) in [5.41, 5.74) is 0. The van der Waals surface area contributed by atoms with Crippen LogP contribution in [0.1, 0.15) is 13.3 Å². The molecule has 0 fully saturated rings. The molecule has 0 aromatic carbocycles. The molecule has 0 spiro atoms. The van der Waals surface area contributed by atoms with Crippen molar-refractivity contribution in [3.05, 3.63) is 0 Å². The summed E-state index contributed by atoms with van der Waals surface area (Å²) in [6.07, 6.45) is 0.226. The van der Waals surface area contributed by atoms with E-state index in [4.69, 9.17) is 14.2 Å². The van der Waals surface area contributed by atoms with Gasteiger partial charge in [-0.05, 0) is 6.92 Å². The second-order valence-corrected chi connectivity index (χ2v) is 3.11. The minimum absolute atomic E-state index is 0.139. The highest BCUT2D eigenvalue weighted by molar-refractivity contribution is 5.69. The number of hydrogen-bond acceptors (Lipinski definition) is 8. The van der Waals surface area contributed by atoms with Crippen LogP contribution in [0.2, 0.25) is 0 Å². The van der Waals surface area contributed by atoms with Gasteiger partial charge in [0.1, 0.15) is 0 Å². The van der Waals surface area contributed by atoms with Crippen LogP contribution < -0.4 is 14.8 Å². The van der Waals surface area contributed by atoms with Crippen molar-refractivity contribution in [2.24, 2.45) is 0 Å². The van der Waals surface area contributed by atoms with Crippen LogP contribution in [0.4, 0.5) is 5.95 Å². The predicted octanol–water partition coefficient (Wildman–Crippen LogP) is 0.254. The van der Waals surface area contributed by atoms with Crippen molar-refractivity contribution in [2.45, 2.75) is 13.3 Å². The molecule has 0 aliphatic heterocycles. The van der Waals surface area contributed by atoms with Gasteiger partial charge in [-0.15, -0.1) is 4.98 Å². The molecule has 0 amide bonds. The maximum Gasteiger partial charge on any atom is 0.324 e. The molecule has 0 unspecified atom stereocenters. The molecule has 1 rings (SSSR count). The molecule has 100 valence electrons. The van der Waals surface area contributed by atoms with Gasteiger partial charge in [0.15, 0.2) is 0 Å². The number of carbonyl (C=O) groups excluding carboxylic acids is 1. The lowest BCUT2D eigenvalue weighted by Crippen LogP contribution is -2.13. The molecule has 1 aromatic rings. The maximum atomic E-state index is 11.1. The minimum Gasteiger partial charge on any atom is -0.467 e. The van der Waals surface area contributed by atoms with Crippen LogP contribution in [0.5, 0.6) is 12.0 Å². The quantitative estimate of drug-likeness (QED) is 0.694. The molecule has 0 radical (unpaired) electrons. The highest BCUT2D eigenvalue weighted by Crippen LogP contribution is 2.11. The number of nitrogens with zero attached hydrogens (tertiary/aromatic N) is 3. The summed E-state index contributed by atoms with van der Waals surface area (Å²) in [4.78, 5) is 22.9. The average Bonchev–Trinajstić information content (AvgIpc) is 2.38. The molecule has 18 heavy (non-hydrogen) atoms. The van der Waals surface area contributed by atoms with Crippen molar-refractivity contribution in [3.8, 4) is 12.0 Å². The molecule has 0 bridgehead atoms. The Morgan fingerprint density at radius 2 is 1.78 bits per heavy atom. The predicted molar refractivity (Wildman–Crippen MR) is 62.7 cm³/mol. The molecular formula is C10H16N4O4. The third kappa shape index (κ3) is 4.40. The standard InChI is InChI=1S/C10H16N4O4/c1-4-18-7(15)5-6-11-8-12-9(16-2)14-10(13-8)17-3/h4-6H2,1-3H3,(H,11,12,13,14). The second-order valence-electron chi connectivity index (χ2n) is 3.11. The summed E-state index contributed by atoms with van der Waals surface area (Å²) in [7, 11) is 2.88. The van der Waals surface area contributed by atoms with Gasteiger partial charge in [-0.25, -0.2) is 0 Å². The van der Waals surface area contributed by atoms with E-state index in [1.807, 2.05) is 0 Å². The zero-order chi connectivity index (χ0) is 13.4. The number of carbonyl (C=O) groups is 1. The Labute approximate surface area is 105 Å². The molecule has 0 aliphatic rings. The Hall–Kier alpha value is -2.12. The van der Waals surface area contributed by atoms with Crippen molar-refractivity contribution in [1.29, 1.82) is 0 Å². The lowest BCUT2D eigenvalue weighted by atomic mass is 10.4. The van der Waals surface area contributed by atoms with Gasteiger partial charge in [0.2, 0.25) is 5.95 Å². The number of esters is 1. The summed E-state index contributed by atoms with van der Waals surface area (Å²) < 4.78 is 14.6. The number of anilines is 1. The molecule has 8 heteroatoms. The molecule has 1 aromatic heterocycles. The third-order valence-corrected chi connectivity index (χ3v) is 1.88. The largest absolute Gasteiger partial charge is 0.467 e. The van der Waals surface area contributed by atoms with Crippen molar-refractivity contribution < 1.29 is 19.0 Å². The number of hydrogen-bond donors (Lipinski definition) is 1. The van der Waals surface area contributed by atoms with Crippen LogP contribution >= 0.6 is 0 Å². The van der Waals surface area contributed by atoms with Crippen LogP contribution in [-0.2, 0) is 9.53 Å². The van der Waals surface area contributed by atoms with Gasteiger partial charge in [-0.1, -0.05) is 0 Å². The summed E-state index contributed by atoms with van der Waals surface area (Å²) in [6.45, 7) is 2.48. The van der Waals surface area contributed by atoms with Gasteiger partial charge in [0.05, 0.1) is 27.2 Å². The second kappa shape index (κ2) is 7.25. The van der Waals surface area contributed by atoms with E-state index in [1.165, 1.54) is 14.2 Å². The van der Waals surface area contributed by atoms with Crippen molar-refractivity contribution >= 4 is 11.9 Å².